The SMILES string of the molecule is CCOC(=O)C1CCn2c(cc3c(Br)cc(F)cc32)C1=O. The second-order valence-electron chi connectivity index (χ2n) is 4.96. The molecule has 1 aliphatic heterocycles. The molecule has 0 amide bonds. The Kier molecular flexibility index (Phi) is 3.57. The van der Waals surface area contributed by atoms with Gasteiger partial charge in [-0.2, -0.15) is 0 Å². The van der Waals surface area contributed by atoms with Crippen LogP contribution >= 0.6 is 15.9 Å². The van der Waals surface area contributed by atoms with E-state index in [0.29, 0.717) is 28.6 Å². The molecule has 110 valence electrons. The first kappa shape index (κ1) is 14.3. The molecule has 3 rings (SSSR count). The fourth-order valence-corrected chi connectivity index (χ4v) is 3.30. The Morgan fingerprint density at radius 1 is 1.48 bits per heavy atom. The van der Waals surface area contributed by atoms with Crippen molar-refractivity contribution in [3.63, 3.8) is 0 Å². The quantitative estimate of drug-likeness (QED) is 0.614. The van der Waals surface area contributed by atoms with E-state index >= 15 is 0 Å². The van der Waals surface area contributed by atoms with E-state index in [1.54, 1.807) is 17.6 Å². The van der Waals surface area contributed by atoms with Gasteiger partial charge in [-0.1, -0.05) is 0 Å². The van der Waals surface area contributed by atoms with Crippen LogP contribution in [0, 0.1) is 11.7 Å². The van der Waals surface area contributed by atoms with E-state index in [1.165, 1.54) is 12.1 Å². The first-order valence-electron chi connectivity index (χ1n) is 6.72. The minimum atomic E-state index is -0.759. The minimum Gasteiger partial charge on any atom is -0.465 e. The molecule has 0 saturated heterocycles. The zero-order chi connectivity index (χ0) is 15.1. The predicted octanol–water partition coefficient (Wildman–Crippen LogP) is 3.31. The van der Waals surface area contributed by atoms with Gasteiger partial charge in [-0.25, -0.2) is 4.39 Å². The molecule has 1 atom stereocenters. The Bertz CT molecular complexity index is 753. The fraction of sp³-hybridized carbons (Fsp3) is 0.333. The predicted molar refractivity (Wildman–Crippen MR) is 78.7 cm³/mol. The molecule has 1 unspecified atom stereocenters. The number of Topliss-reactive ketones (excluding diaryl/α,β-unsaturated/α-hetero) is 1. The number of halogens is 2. The van der Waals surface area contributed by atoms with Crippen molar-refractivity contribution in [2.24, 2.45) is 5.92 Å². The lowest BCUT2D eigenvalue weighted by Crippen LogP contribution is -2.33. The molecular formula is C15H13BrFNO3. The van der Waals surface area contributed by atoms with Gasteiger partial charge in [0.25, 0.3) is 0 Å². The number of fused-ring (bicyclic) bond motifs is 3. The zero-order valence-corrected chi connectivity index (χ0v) is 12.9. The van der Waals surface area contributed by atoms with E-state index in [4.69, 9.17) is 4.74 Å². The van der Waals surface area contributed by atoms with Gasteiger partial charge in [0.05, 0.1) is 17.8 Å². The van der Waals surface area contributed by atoms with E-state index in [1.807, 2.05) is 0 Å². The highest BCUT2D eigenvalue weighted by Gasteiger charge is 2.35. The van der Waals surface area contributed by atoms with Crippen LogP contribution in [0.2, 0.25) is 0 Å². The van der Waals surface area contributed by atoms with E-state index in [2.05, 4.69) is 15.9 Å². The van der Waals surface area contributed by atoms with Gasteiger partial charge in [0.1, 0.15) is 11.7 Å². The van der Waals surface area contributed by atoms with Gasteiger partial charge in [0, 0.05) is 16.4 Å². The number of ketones is 1. The number of carbonyl (C=O) groups excluding carboxylic acids is 2. The van der Waals surface area contributed by atoms with Crippen LogP contribution in [-0.4, -0.2) is 22.9 Å². The van der Waals surface area contributed by atoms with Crippen LogP contribution in [0.5, 0.6) is 0 Å². The number of ether oxygens (including phenoxy) is 1. The number of nitrogens with zero attached hydrogens (tertiary/aromatic N) is 1. The average Bonchev–Trinajstić information content (AvgIpc) is 2.79. The maximum Gasteiger partial charge on any atom is 0.316 e. The molecule has 0 saturated carbocycles. The molecule has 0 N–H and O–H groups in total. The number of rotatable bonds is 2. The monoisotopic (exact) mass is 353 g/mol. The molecule has 4 nitrogen and oxygen atoms in total. The van der Waals surface area contributed by atoms with Crippen molar-refractivity contribution in [3.8, 4) is 0 Å². The Balaban J connectivity index is 2.09. The molecule has 2 aromatic rings. The van der Waals surface area contributed by atoms with Crippen molar-refractivity contribution >= 4 is 38.6 Å². The van der Waals surface area contributed by atoms with Crippen LogP contribution in [0.4, 0.5) is 4.39 Å². The van der Waals surface area contributed by atoms with E-state index < -0.39 is 11.9 Å². The lowest BCUT2D eigenvalue weighted by Gasteiger charge is -2.22. The van der Waals surface area contributed by atoms with Crippen LogP contribution in [-0.2, 0) is 16.1 Å². The Hall–Kier alpha value is -1.69. The topological polar surface area (TPSA) is 48.3 Å². The van der Waals surface area contributed by atoms with Crippen molar-refractivity contribution in [1.82, 2.24) is 4.57 Å². The summed E-state index contributed by atoms with van der Waals surface area (Å²) < 4.78 is 20.9. The Morgan fingerprint density at radius 3 is 2.95 bits per heavy atom. The number of aryl methyl sites for hydroxylation is 1. The number of esters is 1. The van der Waals surface area contributed by atoms with Crippen molar-refractivity contribution in [3.05, 3.63) is 34.2 Å². The normalized spacial score (nSPS) is 17.9. The fourth-order valence-electron chi connectivity index (χ4n) is 2.76. The van der Waals surface area contributed by atoms with Crippen LogP contribution < -0.4 is 0 Å². The van der Waals surface area contributed by atoms with E-state index in [9.17, 15) is 14.0 Å². The largest absolute Gasteiger partial charge is 0.465 e. The summed E-state index contributed by atoms with van der Waals surface area (Å²) in [7, 11) is 0. The first-order chi connectivity index (χ1) is 10.0. The maximum atomic E-state index is 13.5. The van der Waals surface area contributed by atoms with Crippen molar-refractivity contribution in [2.45, 2.75) is 19.9 Å². The Labute approximate surface area is 129 Å². The van der Waals surface area contributed by atoms with Gasteiger partial charge in [-0.3, -0.25) is 9.59 Å². The first-order valence-corrected chi connectivity index (χ1v) is 7.51. The standard InChI is InChI=1S/C15H13BrFNO3/c1-2-21-15(20)9-3-4-18-12-6-8(17)5-11(16)10(12)7-13(18)14(9)19/h5-7,9H,2-4H2,1H3. The zero-order valence-electron chi connectivity index (χ0n) is 11.4. The molecule has 0 radical (unpaired) electrons. The second-order valence-corrected chi connectivity index (χ2v) is 5.81. The van der Waals surface area contributed by atoms with Crippen molar-refractivity contribution in [2.75, 3.05) is 6.61 Å². The summed E-state index contributed by atoms with van der Waals surface area (Å²) in [5.41, 5.74) is 1.09. The summed E-state index contributed by atoms with van der Waals surface area (Å²) in [4.78, 5) is 24.3. The molecule has 0 aliphatic carbocycles. The number of hydrogen-bond acceptors (Lipinski definition) is 3. The molecule has 0 spiro atoms. The van der Waals surface area contributed by atoms with E-state index in [-0.39, 0.29) is 18.2 Å². The van der Waals surface area contributed by atoms with Gasteiger partial charge >= 0.3 is 5.97 Å². The highest BCUT2D eigenvalue weighted by Crippen LogP contribution is 2.33. The number of aromatic nitrogens is 1. The summed E-state index contributed by atoms with van der Waals surface area (Å²) in [6.45, 7) is 2.45. The van der Waals surface area contributed by atoms with Gasteiger partial charge in [-0.15, -0.1) is 0 Å². The molecule has 0 bridgehead atoms. The minimum absolute atomic E-state index is 0.252. The van der Waals surface area contributed by atoms with Crippen LogP contribution in [0.3, 0.4) is 0 Å². The smallest absolute Gasteiger partial charge is 0.316 e. The Morgan fingerprint density at radius 2 is 2.24 bits per heavy atom. The lowest BCUT2D eigenvalue weighted by molar-refractivity contribution is -0.146. The third kappa shape index (κ3) is 2.27. The highest BCUT2D eigenvalue weighted by molar-refractivity contribution is 9.10. The highest BCUT2D eigenvalue weighted by atomic mass is 79.9. The molecule has 1 aromatic heterocycles. The van der Waals surface area contributed by atoms with Crippen LogP contribution in [0.25, 0.3) is 10.9 Å². The molecule has 6 heteroatoms. The third-order valence-electron chi connectivity index (χ3n) is 3.72. The molecule has 1 aliphatic rings. The molecule has 0 fully saturated rings. The molecule has 2 heterocycles. The van der Waals surface area contributed by atoms with Gasteiger partial charge in [0.2, 0.25) is 0 Å². The van der Waals surface area contributed by atoms with Gasteiger partial charge < -0.3 is 9.30 Å². The van der Waals surface area contributed by atoms with Crippen molar-refractivity contribution < 1.29 is 18.7 Å². The number of hydrogen-bond donors (Lipinski definition) is 0. The number of carbonyl (C=O) groups is 2. The average molecular weight is 354 g/mol. The summed E-state index contributed by atoms with van der Waals surface area (Å²) in [5.74, 6) is -1.87. The molecular weight excluding hydrogens is 341 g/mol. The maximum absolute atomic E-state index is 13.5. The van der Waals surface area contributed by atoms with Crippen LogP contribution in [0.15, 0.2) is 22.7 Å². The van der Waals surface area contributed by atoms with Gasteiger partial charge in [-0.05, 0) is 47.5 Å². The summed E-state index contributed by atoms with van der Waals surface area (Å²) in [6.07, 6.45) is 0.378. The lowest BCUT2D eigenvalue weighted by atomic mass is 9.95. The summed E-state index contributed by atoms with van der Waals surface area (Å²) >= 11 is 3.31. The van der Waals surface area contributed by atoms with Gasteiger partial charge in [0.15, 0.2) is 5.78 Å². The van der Waals surface area contributed by atoms with Crippen LogP contribution in [0.1, 0.15) is 23.8 Å². The number of benzene rings is 1. The second kappa shape index (κ2) is 5.26. The molecule has 1 aromatic carbocycles. The van der Waals surface area contributed by atoms with Crippen molar-refractivity contribution in [1.29, 1.82) is 0 Å². The summed E-state index contributed by atoms with van der Waals surface area (Å²) in [6, 6.07) is 4.47. The summed E-state index contributed by atoms with van der Waals surface area (Å²) in [5, 5.41) is 0.768. The molecule has 21 heavy (non-hydrogen) atoms. The van der Waals surface area contributed by atoms with E-state index in [0.717, 1.165) is 5.39 Å². The third-order valence-corrected chi connectivity index (χ3v) is 4.37.